The minimum atomic E-state index is -0.436. The first-order valence-corrected chi connectivity index (χ1v) is 5.87. The molecule has 0 aliphatic heterocycles. The van der Waals surface area contributed by atoms with Crippen molar-refractivity contribution in [3.8, 4) is 0 Å². The summed E-state index contributed by atoms with van der Waals surface area (Å²) in [6.07, 6.45) is 7.56. The maximum absolute atomic E-state index is 10.4. The van der Waals surface area contributed by atoms with Gasteiger partial charge in [0.15, 0.2) is 5.13 Å². The number of nitro groups is 1. The van der Waals surface area contributed by atoms with Crippen molar-refractivity contribution in [2.24, 2.45) is 0 Å². The normalized spacial score (nSPS) is 10.4. The summed E-state index contributed by atoms with van der Waals surface area (Å²) in [6, 6.07) is 0. The second-order valence-electron chi connectivity index (χ2n) is 3.34. The molecule has 2 aromatic heterocycles. The van der Waals surface area contributed by atoms with E-state index in [1.807, 2.05) is 10.8 Å². The zero-order valence-corrected chi connectivity index (χ0v) is 9.76. The van der Waals surface area contributed by atoms with Crippen molar-refractivity contribution >= 4 is 21.5 Å². The van der Waals surface area contributed by atoms with Crippen LogP contribution in [-0.2, 0) is 6.54 Å². The van der Waals surface area contributed by atoms with Crippen LogP contribution in [-0.4, -0.2) is 26.0 Å². The van der Waals surface area contributed by atoms with E-state index in [0.29, 0.717) is 5.13 Å². The molecule has 2 heterocycles. The number of rotatable bonds is 6. The second-order valence-corrected chi connectivity index (χ2v) is 4.35. The molecular formula is C9H11N5O2S. The highest BCUT2D eigenvalue weighted by atomic mass is 32.1. The van der Waals surface area contributed by atoms with Crippen molar-refractivity contribution in [3.05, 3.63) is 35.0 Å². The lowest BCUT2D eigenvalue weighted by atomic mass is 10.4. The standard InChI is InChI=1S/C9H11N5O2S/c15-14(16)8-6-12-9(17-8)11-2-1-4-13-5-3-10-7-13/h3,5-7H,1-2,4H2,(H,11,12). The molecule has 7 nitrogen and oxygen atoms in total. The number of aryl methyl sites for hydroxylation is 1. The number of imidazole rings is 1. The first-order valence-electron chi connectivity index (χ1n) is 5.05. The molecule has 0 aromatic carbocycles. The van der Waals surface area contributed by atoms with Gasteiger partial charge in [-0.15, -0.1) is 0 Å². The third kappa shape index (κ3) is 3.25. The van der Waals surface area contributed by atoms with Crippen LogP contribution < -0.4 is 5.32 Å². The smallest absolute Gasteiger partial charge is 0.345 e. The Morgan fingerprint density at radius 2 is 2.47 bits per heavy atom. The maximum Gasteiger partial charge on any atom is 0.345 e. The third-order valence-electron chi connectivity index (χ3n) is 2.10. The molecule has 90 valence electrons. The van der Waals surface area contributed by atoms with Gasteiger partial charge in [-0.1, -0.05) is 0 Å². The summed E-state index contributed by atoms with van der Waals surface area (Å²) in [6.45, 7) is 1.59. The molecule has 0 bridgehead atoms. The van der Waals surface area contributed by atoms with Crippen LogP contribution in [0.3, 0.4) is 0 Å². The zero-order chi connectivity index (χ0) is 12.1. The van der Waals surface area contributed by atoms with Crippen molar-refractivity contribution in [1.29, 1.82) is 0 Å². The number of aromatic nitrogens is 3. The van der Waals surface area contributed by atoms with Gasteiger partial charge in [-0.3, -0.25) is 10.1 Å². The van der Waals surface area contributed by atoms with Crippen LogP contribution in [0.25, 0.3) is 0 Å². The molecule has 0 saturated heterocycles. The van der Waals surface area contributed by atoms with Crippen molar-refractivity contribution in [2.45, 2.75) is 13.0 Å². The number of hydrogen-bond acceptors (Lipinski definition) is 6. The van der Waals surface area contributed by atoms with Crippen LogP contribution in [0.4, 0.5) is 10.1 Å². The fourth-order valence-corrected chi connectivity index (χ4v) is 1.97. The Hall–Kier alpha value is -1.96. The number of anilines is 1. The Bertz CT molecular complexity index is 481. The van der Waals surface area contributed by atoms with Gasteiger partial charge in [-0.2, -0.15) is 0 Å². The molecule has 0 atom stereocenters. The summed E-state index contributed by atoms with van der Waals surface area (Å²) in [5.41, 5.74) is 0. The summed E-state index contributed by atoms with van der Waals surface area (Å²) in [5, 5.41) is 14.1. The molecule has 2 aromatic rings. The predicted molar refractivity (Wildman–Crippen MR) is 64.1 cm³/mol. The molecular weight excluding hydrogens is 242 g/mol. The van der Waals surface area contributed by atoms with E-state index in [1.165, 1.54) is 6.20 Å². The monoisotopic (exact) mass is 253 g/mol. The SMILES string of the molecule is O=[N+]([O-])c1cnc(NCCCn2ccnc2)s1. The minimum absolute atomic E-state index is 0.0575. The molecule has 2 rings (SSSR count). The molecule has 0 aliphatic rings. The maximum atomic E-state index is 10.4. The molecule has 0 spiro atoms. The van der Waals surface area contributed by atoms with E-state index < -0.39 is 4.92 Å². The largest absolute Gasteiger partial charge is 0.361 e. The third-order valence-corrected chi connectivity index (χ3v) is 3.01. The van der Waals surface area contributed by atoms with Crippen LogP contribution >= 0.6 is 11.3 Å². The summed E-state index contributed by atoms with van der Waals surface area (Å²) in [7, 11) is 0. The van der Waals surface area contributed by atoms with E-state index >= 15 is 0 Å². The van der Waals surface area contributed by atoms with E-state index in [2.05, 4.69) is 15.3 Å². The Labute approximate surface area is 101 Å². The van der Waals surface area contributed by atoms with E-state index in [1.54, 1.807) is 12.5 Å². The van der Waals surface area contributed by atoms with E-state index in [4.69, 9.17) is 0 Å². The Morgan fingerprint density at radius 1 is 1.59 bits per heavy atom. The Kier molecular flexibility index (Phi) is 3.66. The minimum Gasteiger partial charge on any atom is -0.361 e. The Balaban J connectivity index is 1.72. The zero-order valence-electron chi connectivity index (χ0n) is 8.94. The highest BCUT2D eigenvalue weighted by Crippen LogP contribution is 2.24. The number of nitrogens with one attached hydrogen (secondary N) is 1. The molecule has 0 aliphatic carbocycles. The first-order chi connectivity index (χ1) is 8.25. The molecule has 17 heavy (non-hydrogen) atoms. The average molecular weight is 253 g/mol. The molecule has 0 fully saturated rings. The quantitative estimate of drug-likeness (QED) is 0.481. The number of nitrogens with zero attached hydrogens (tertiary/aromatic N) is 4. The van der Waals surface area contributed by atoms with Crippen LogP contribution in [0.15, 0.2) is 24.9 Å². The van der Waals surface area contributed by atoms with E-state index in [9.17, 15) is 10.1 Å². The lowest BCUT2D eigenvalue weighted by Crippen LogP contribution is -2.05. The summed E-state index contributed by atoms with van der Waals surface area (Å²) < 4.78 is 1.98. The number of hydrogen-bond donors (Lipinski definition) is 1. The van der Waals surface area contributed by atoms with Gasteiger partial charge in [-0.25, -0.2) is 9.97 Å². The van der Waals surface area contributed by atoms with Gasteiger partial charge in [0, 0.05) is 25.5 Å². The fraction of sp³-hybridized carbons (Fsp3) is 0.333. The number of thiazole rings is 1. The predicted octanol–water partition coefficient (Wildman–Crippen LogP) is 1.75. The van der Waals surface area contributed by atoms with Crippen molar-refractivity contribution in [2.75, 3.05) is 11.9 Å². The van der Waals surface area contributed by atoms with Crippen LogP contribution in [0, 0.1) is 10.1 Å². The Morgan fingerprint density at radius 3 is 3.12 bits per heavy atom. The second kappa shape index (κ2) is 5.39. The van der Waals surface area contributed by atoms with Crippen LogP contribution in [0.2, 0.25) is 0 Å². The van der Waals surface area contributed by atoms with Crippen LogP contribution in [0.1, 0.15) is 6.42 Å². The highest BCUT2D eigenvalue weighted by Gasteiger charge is 2.10. The first kappa shape index (κ1) is 11.5. The van der Waals surface area contributed by atoms with Crippen molar-refractivity contribution in [3.63, 3.8) is 0 Å². The van der Waals surface area contributed by atoms with Gasteiger partial charge in [0.25, 0.3) is 0 Å². The molecule has 8 heteroatoms. The van der Waals surface area contributed by atoms with Gasteiger partial charge >= 0.3 is 5.00 Å². The van der Waals surface area contributed by atoms with Crippen molar-refractivity contribution in [1.82, 2.24) is 14.5 Å². The molecule has 0 radical (unpaired) electrons. The van der Waals surface area contributed by atoms with Gasteiger partial charge in [0.05, 0.1) is 11.3 Å². The highest BCUT2D eigenvalue weighted by molar-refractivity contribution is 7.18. The molecule has 0 amide bonds. The van der Waals surface area contributed by atoms with Gasteiger partial charge in [-0.05, 0) is 17.8 Å². The lowest BCUT2D eigenvalue weighted by molar-refractivity contribution is -0.380. The van der Waals surface area contributed by atoms with Gasteiger partial charge < -0.3 is 9.88 Å². The molecule has 0 saturated carbocycles. The summed E-state index contributed by atoms with van der Waals surface area (Å²) in [4.78, 5) is 17.9. The van der Waals surface area contributed by atoms with Gasteiger partial charge in [0.1, 0.15) is 6.20 Å². The fourth-order valence-electron chi connectivity index (χ4n) is 1.31. The lowest BCUT2D eigenvalue weighted by Gasteiger charge is -2.02. The summed E-state index contributed by atoms with van der Waals surface area (Å²) >= 11 is 1.05. The molecule has 0 unspecified atom stereocenters. The van der Waals surface area contributed by atoms with Crippen LogP contribution in [0.5, 0.6) is 0 Å². The average Bonchev–Trinajstić information content (AvgIpc) is 2.96. The van der Waals surface area contributed by atoms with E-state index in [-0.39, 0.29) is 5.00 Å². The van der Waals surface area contributed by atoms with E-state index in [0.717, 1.165) is 30.8 Å². The topological polar surface area (TPSA) is 85.9 Å². The van der Waals surface area contributed by atoms with Crippen molar-refractivity contribution < 1.29 is 4.92 Å². The summed E-state index contributed by atoms with van der Waals surface area (Å²) in [5.74, 6) is 0. The van der Waals surface area contributed by atoms with Gasteiger partial charge in [0.2, 0.25) is 0 Å². The molecule has 1 N–H and O–H groups in total.